The van der Waals surface area contributed by atoms with E-state index in [1.807, 2.05) is 31.2 Å². The van der Waals surface area contributed by atoms with Crippen LogP contribution in [0.5, 0.6) is 0 Å². The van der Waals surface area contributed by atoms with Crippen LogP contribution in [0.2, 0.25) is 0 Å². The second-order valence-corrected chi connectivity index (χ2v) is 9.47. The Labute approximate surface area is 150 Å². The summed E-state index contributed by atoms with van der Waals surface area (Å²) >= 11 is 5.59. The predicted octanol–water partition coefficient (Wildman–Crippen LogP) is 0.716. The Bertz CT molecular complexity index is 657. The van der Waals surface area contributed by atoms with E-state index in [-0.39, 0.29) is 17.5 Å². The number of quaternary nitrogens is 1. The summed E-state index contributed by atoms with van der Waals surface area (Å²) in [6, 6.07) is 8.04. The van der Waals surface area contributed by atoms with Crippen LogP contribution in [0.1, 0.15) is 18.4 Å². The Kier molecular flexibility index (Phi) is 6.60. The molecule has 1 aliphatic heterocycles. The van der Waals surface area contributed by atoms with Crippen molar-refractivity contribution in [2.75, 3.05) is 44.0 Å². The number of benzene rings is 1. The number of nitrogens with zero attached hydrogens (tertiary/aromatic N) is 1. The van der Waals surface area contributed by atoms with Gasteiger partial charge in [-0.25, -0.2) is 8.42 Å². The van der Waals surface area contributed by atoms with Crippen LogP contribution < -0.4 is 10.2 Å². The highest BCUT2D eigenvalue weighted by Gasteiger charge is 2.33. The van der Waals surface area contributed by atoms with E-state index in [1.165, 1.54) is 10.5 Å². The van der Waals surface area contributed by atoms with Crippen LogP contribution in [0.15, 0.2) is 24.3 Å². The Hall–Kier alpha value is -1.18. The van der Waals surface area contributed by atoms with Crippen LogP contribution in [-0.2, 0) is 9.84 Å². The summed E-state index contributed by atoms with van der Waals surface area (Å²) in [5.74, 6) is 0.470. The molecule has 2 N–H and O–H groups in total. The first-order valence-corrected chi connectivity index (χ1v) is 10.6. The Balaban J connectivity index is 2.05. The largest absolute Gasteiger partial charge is 0.345 e. The van der Waals surface area contributed by atoms with Gasteiger partial charge in [-0.05, 0) is 37.7 Å². The SMILES string of the molecule is Cc1ccc(NC(=S)N(CCC[NH+](C)C)[C@H]2CCS(=O)(=O)C2)cc1. The van der Waals surface area contributed by atoms with E-state index in [4.69, 9.17) is 12.2 Å². The van der Waals surface area contributed by atoms with E-state index >= 15 is 0 Å². The smallest absolute Gasteiger partial charge is 0.173 e. The van der Waals surface area contributed by atoms with Crippen molar-refractivity contribution in [2.24, 2.45) is 0 Å². The molecule has 7 heteroatoms. The van der Waals surface area contributed by atoms with Gasteiger partial charge in [0.05, 0.1) is 32.1 Å². The van der Waals surface area contributed by atoms with Crippen molar-refractivity contribution in [3.05, 3.63) is 29.8 Å². The highest BCUT2D eigenvalue weighted by atomic mass is 32.2. The van der Waals surface area contributed by atoms with Gasteiger partial charge in [-0.1, -0.05) is 17.7 Å². The van der Waals surface area contributed by atoms with Crippen molar-refractivity contribution < 1.29 is 13.3 Å². The summed E-state index contributed by atoms with van der Waals surface area (Å²) in [7, 11) is 1.31. The van der Waals surface area contributed by atoms with Crippen LogP contribution in [0.4, 0.5) is 5.69 Å². The fourth-order valence-corrected chi connectivity index (χ4v) is 5.00. The number of rotatable bonds is 6. The highest BCUT2D eigenvalue weighted by molar-refractivity contribution is 7.91. The molecule has 1 aliphatic rings. The molecule has 0 aromatic heterocycles. The number of hydrogen-bond donors (Lipinski definition) is 2. The second kappa shape index (κ2) is 8.27. The molecule has 1 aromatic carbocycles. The fourth-order valence-electron chi connectivity index (χ4n) is 2.91. The molecule has 5 nitrogen and oxygen atoms in total. The lowest BCUT2D eigenvalue weighted by Gasteiger charge is -2.31. The average Bonchev–Trinajstić information content (AvgIpc) is 2.85. The third-order valence-electron chi connectivity index (χ3n) is 4.29. The lowest BCUT2D eigenvalue weighted by molar-refractivity contribution is -0.858. The molecule has 1 atom stereocenters. The molecule has 0 radical (unpaired) electrons. The zero-order chi connectivity index (χ0) is 17.7. The molecule has 0 unspecified atom stereocenters. The minimum Gasteiger partial charge on any atom is -0.345 e. The lowest BCUT2D eigenvalue weighted by atomic mass is 10.2. The molecule has 1 aromatic rings. The molecule has 1 heterocycles. The maximum Gasteiger partial charge on any atom is 0.173 e. The van der Waals surface area contributed by atoms with Gasteiger partial charge in [0.2, 0.25) is 0 Å². The van der Waals surface area contributed by atoms with Gasteiger partial charge in [0.1, 0.15) is 0 Å². The molecule has 1 fully saturated rings. The predicted molar refractivity (Wildman–Crippen MR) is 103 cm³/mol. The molecular formula is C17H28N3O2S2+. The summed E-state index contributed by atoms with van der Waals surface area (Å²) in [6.07, 6.45) is 1.64. The standard InChI is InChI=1S/C17H27N3O2S2/c1-14-5-7-15(8-6-14)18-17(23)20(11-4-10-19(2)3)16-9-12-24(21,22)13-16/h5-8,16H,4,9-13H2,1-3H3,(H,18,23)/p+1/t16-/m0/s1. The van der Waals surface area contributed by atoms with Crippen molar-refractivity contribution >= 4 is 32.9 Å². The van der Waals surface area contributed by atoms with E-state index in [0.29, 0.717) is 11.5 Å². The van der Waals surface area contributed by atoms with Crippen molar-refractivity contribution in [3.63, 3.8) is 0 Å². The van der Waals surface area contributed by atoms with Gasteiger partial charge in [0.15, 0.2) is 14.9 Å². The van der Waals surface area contributed by atoms with E-state index in [9.17, 15) is 8.42 Å². The summed E-state index contributed by atoms with van der Waals surface area (Å²) in [5.41, 5.74) is 2.13. The number of aryl methyl sites for hydroxylation is 1. The van der Waals surface area contributed by atoms with Gasteiger partial charge < -0.3 is 15.1 Å². The average molecular weight is 371 g/mol. The minimum atomic E-state index is -2.93. The van der Waals surface area contributed by atoms with Crippen LogP contribution in [0.25, 0.3) is 0 Å². The molecular weight excluding hydrogens is 342 g/mol. The highest BCUT2D eigenvalue weighted by Crippen LogP contribution is 2.20. The van der Waals surface area contributed by atoms with Crippen molar-refractivity contribution in [1.82, 2.24) is 4.90 Å². The summed E-state index contributed by atoms with van der Waals surface area (Å²) in [5, 5.41) is 3.89. The number of nitrogens with one attached hydrogen (secondary N) is 2. The van der Waals surface area contributed by atoms with E-state index in [0.717, 1.165) is 25.2 Å². The zero-order valence-electron chi connectivity index (χ0n) is 14.7. The molecule has 0 spiro atoms. The third-order valence-corrected chi connectivity index (χ3v) is 6.38. The van der Waals surface area contributed by atoms with Gasteiger partial charge in [-0.3, -0.25) is 0 Å². The minimum absolute atomic E-state index is 0.0161. The first-order chi connectivity index (χ1) is 11.3. The van der Waals surface area contributed by atoms with E-state index < -0.39 is 9.84 Å². The van der Waals surface area contributed by atoms with Crippen molar-refractivity contribution in [3.8, 4) is 0 Å². The molecule has 0 aliphatic carbocycles. The fraction of sp³-hybridized carbons (Fsp3) is 0.588. The van der Waals surface area contributed by atoms with Gasteiger partial charge in [-0.2, -0.15) is 0 Å². The zero-order valence-corrected chi connectivity index (χ0v) is 16.3. The van der Waals surface area contributed by atoms with Crippen LogP contribution in [0.3, 0.4) is 0 Å². The quantitative estimate of drug-likeness (QED) is 0.723. The van der Waals surface area contributed by atoms with E-state index in [1.54, 1.807) is 0 Å². The maximum atomic E-state index is 11.9. The second-order valence-electron chi connectivity index (χ2n) is 6.86. The molecule has 24 heavy (non-hydrogen) atoms. The van der Waals surface area contributed by atoms with Gasteiger partial charge in [0.25, 0.3) is 0 Å². The number of sulfone groups is 1. The summed E-state index contributed by atoms with van der Waals surface area (Å²) < 4.78 is 23.7. The van der Waals surface area contributed by atoms with Gasteiger partial charge in [-0.15, -0.1) is 0 Å². The van der Waals surface area contributed by atoms with Crippen LogP contribution in [0, 0.1) is 6.92 Å². The molecule has 0 bridgehead atoms. The normalized spacial score (nSPS) is 19.4. The number of anilines is 1. The van der Waals surface area contributed by atoms with Crippen molar-refractivity contribution in [2.45, 2.75) is 25.8 Å². The third kappa shape index (κ3) is 5.72. The Morgan fingerprint density at radius 3 is 2.54 bits per heavy atom. The molecule has 0 amide bonds. The molecule has 0 saturated carbocycles. The topological polar surface area (TPSA) is 53.9 Å². The number of hydrogen-bond acceptors (Lipinski definition) is 3. The summed E-state index contributed by atoms with van der Waals surface area (Å²) in [4.78, 5) is 3.45. The Morgan fingerprint density at radius 1 is 1.33 bits per heavy atom. The molecule has 134 valence electrons. The van der Waals surface area contributed by atoms with Crippen molar-refractivity contribution in [1.29, 1.82) is 0 Å². The lowest BCUT2D eigenvalue weighted by Crippen LogP contribution is -3.05. The molecule has 1 saturated heterocycles. The van der Waals surface area contributed by atoms with E-state index in [2.05, 4.69) is 24.3 Å². The first-order valence-electron chi connectivity index (χ1n) is 8.40. The Morgan fingerprint density at radius 2 is 2.00 bits per heavy atom. The maximum absolute atomic E-state index is 11.9. The molecule has 2 rings (SSSR count). The first kappa shape index (κ1) is 19.1. The monoisotopic (exact) mass is 370 g/mol. The summed E-state index contributed by atoms with van der Waals surface area (Å²) in [6.45, 7) is 3.85. The number of thiocarbonyl (C=S) groups is 1. The van der Waals surface area contributed by atoms with Gasteiger partial charge >= 0.3 is 0 Å². The van der Waals surface area contributed by atoms with Crippen LogP contribution >= 0.6 is 12.2 Å². The van der Waals surface area contributed by atoms with Gasteiger partial charge in [0, 0.05) is 24.7 Å². The van der Waals surface area contributed by atoms with Crippen LogP contribution in [-0.4, -0.2) is 63.2 Å².